The van der Waals surface area contributed by atoms with E-state index in [2.05, 4.69) is 246 Å². The Labute approximate surface area is 527 Å². The van der Waals surface area contributed by atoms with E-state index in [0.717, 1.165) is 117 Å². The number of fused-ring (bicyclic) bond motifs is 3. The molecule has 91 heavy (non-hydrogen) atoms. The van der Waals surface area contributed by atoms with E-state index in [1.807, 2.05) is 78.9 Å². The minimum Gasteiger partial charge on any atom is -0.629 e. The molecular weight excluding hydrogens is 1120 g/mol. The van der Waals surface area contributed by atoms with Gasteiger partial charge in [-0.15, -0.1) is 0 Å². The smallest absolute Gasteiger partial charge is 0.235 e. The summed E-state index contributed by atoms with van der Waals surface area (Å²) in [4.78, 5) is 26.2. The second-order valence-corrected chi connectivity index (χ2v) is 23.0. The standard InChI is InChI=1S/C80H59N10O/c1-6-20-51(21-7-1)52-40-44-60(45-41-52)74-81-67(49-69(83-74)79-87-75(57-24-10-3-11-25-57)85-76(88-79)58-26-12-4-13-27-58)63-31-18-30-62(48-63)55-38-36-53(37-39-55)54-42-46-61(47-43-54)78-86-77(59-28-14-5-15-29-59)89-80(90-78)70-50-68(82-73(84-70)56-22-8-2-9-23-56)66-34-19-33-65-64-32-16-17-35-71(64)91-72(65)66/h1-50,67-68,74,79-80,83H,(H,82,84)(H,85,87,88)(H,86,89,90)/q-1/p+1. The maximum absolute atomic E-state index is 6.59. The molecule has 0 saturated carbocycles. The number of furan rings is 1. The third kappa shape index (κ3) is 11.3. The van der Waals surface area contributed by atoms with Crippen molar-refractivity contribution < 1.29 is 9.73 Å². The molecule has 5 N–H and O–H groups in total. The Kier molecular flexibility index (Phi) is 14.5. The lowest BCUT2D eigenvalue weighted by Gasteiger charge is -2.45. The molecule has 12 aromatic rings. The second-order valence-electron chi connectivity index (χ2n) is 23.0. The van der Waals surface area contributed by atoms with Crippen LogP contribution in [-0.4, -0.2) is 41.5 Å². The van der Waals surface area contributed by atoms with Crippen LogP contribution in [-0.2, 0) is 0 Å². The van der Waals surface area contributed by atoms with Crippen molar-refractivity contribution in [1.29, 1.82) is 0 Å². The zero-order chi connectivity index (χ0) is 60.5. The van der Waals surface area contributed by atoms with Crippen LogP contribution in [0.3, 0.4) is 0 Å². The predicted octanol–water partition coefficient (Wildman–Crippen LogP) is 15.8. The van der Waals surface area contributed by atoms with Gasteiger partial charge in [-0.2, -0.15) is 4.99 Å². The van der Waals surface area contributed by atoms with Crippen LogP contribution in [0.5, 0.6) is 0 Å². The van der Waals surface area contributed by atoms with Gasteiger partial charge >= 0.3 is 0 Å². The van der Waals surface area contributed by atoms with Crippen molar-refractivity contribution in [3.05, 3.63) is 365 Å². The Hall–Kier alpha value is -11.6. The third-order valence-corrected chi connectivity index (χ3v) is 17.2. The quantitative estimate of drug-likeness (QED) is 0.0912. The minimum atomic E-state index is -0.562. The zero-order valence-electron chi connectivity index (χ0n) is 49.4. The predicted molar refractivity (Wildman–Crippen MR) is 368 cm³/mol. The van der Waals surface area contributed by atoms with E-state index in [-0.39, 0.29) is 24.4 Å². The first-order chi connectivity index (χ1) is 45.0. The van der Waals surface area contributed by atoms with Gasteiger partial charge in [0, 0.05) is 38.6 Å². The molecule has 4 aliphatic rings. The van der Waals surface area contributed by atoms with Gasteiger partial charge in [-0.3, -0.25) is 5.32 Å². The molecule has 16 rings (SSSR count). The number of benzene rings is 11. The van der Waals surface area contributed by atoms with Gasteiger partial charge in [-0.1, -0.05) is 291 Å². The van der Waals surface area contributed by atoms with E-state index in [1.165, 1.54) is 5.56 Å². The summed E-state index contributed by atoms with van der Waals surface area (Å²) in [6, 6.07) is 100. The summed E-state index contributed by atoms with van der Waals surface area (Å²) in [5, 5.41) is 21.2. The first-order valence-electron chi connectivity index (χ1n) is 30.8. The average Bonchev–Trinajstić information content (AvgIpc) is 2.07. The van der Waals surface area contributed by atoms with E-state index >= 15 is 0 Å². The van der Waals surface area contributed by atoms with E-state index in [1.54, 1.807) is 0 Å². The molecule has 5 atom stereocenters. The molecule has 11 aromatic carbocycles. The van der Waals surface area contributed by atoms with Crippen molar-refractivity contribution in [2.24, 2.45) is 25.0 Å². The van der Waals surface area contributed by atoms with E-state index in [4.69, 9.17) is 34.7 Å². The van der Waals surface area contributed by atoms with Gasteiger partial charge in [-0.05, 0) is 69.4 Å². The molecule has 0 bridgehead atoms. The topological polar surface area (TPSA) is 142 Å². The Bertz CT molecular complexity index is 4890. The summed E-state index contributed by atoms with van der Waals surface area (Å²) in [7, 11) is 0. The summed E-state index contributed by atoms with van der Waals surface area (Å²) in [6.45, 7) is 0. The summed E-state index contributed by atoms with van der Waals surface area (Å²) in [5.74, 6) is 3.64. The first kappa shape index (κ1) is 54.7. The summed E-state index contributed by atoms with van der Waals surface area (Å²) < 4.78 is 6.59. The number of quaternary nitrogens is 1. The van der Waals surface area contributed by atoms with Gasteiger partial charge in [0.1, 0.15) is 22.8 Å². The lowest BCUT2D eigenvalue weighted by atomic mass is 9.95. The number of hydrogen-bond donors (Lipinski definition) is 4. The Morgan fingerprint density at radius 2 is 0.879 bits per heavy atom. The molecule has 5 unspecified atom stereocenters. The highest BCUT2D eigenvalue weighted by Crippen LogP contribution is 2.41. The molecule has 1 aromatic heterocycles. The number of amidine groups is 5. The maximum atomic E-state index is 6.59. The van der Waals surface area contributed by atoms with Crippen LogP contribution in [0.4, 0.5) is 0 Å². The van der Waals surface area contributed by atoms with Gasteiger partial charge in [0.15, 0.2) is 17.8 Å². The highest BCUT2D eigenvalue weighted by Gasteiger charge is 2.32. The summed E-state index contributed by atoms with van der Waals surface area (Å²) >= 11 is 0. The zero-order valence-corrected chi connectivity index (χ0v) is 49.4. The van der Waals surface area contributed by atoms with Crippen LogP contribution in [0.15, 0.2) is 344 Å². The van der Waals surface area contributed by atoms with Gasteiger partial charge in [-0.25, -0.2) is 20.0 Å². The fourth-order valence-electron chi connectivity index (χ4n) is 12.5. The lowest BCUT2D eigenvalue weighted by molar-refractivity contribution is -0.570. The first-order valence-corrected chi connectivity index (χ1v) is 30.8. The van der Waals surface area contributed by atoms with Crippen LogP contribution in [0.2, 0.25) is 0 Å². The third-order valence-electron chi connectivity index (χ3n) is 17.2. The molecule has 0 fully saturated rings. The number of nitrogens with one attached hydrogen (secondary N) is 3. The summed E-state index contributed by atoms with van der Waals surface area (Å²) in [6.07, 6.45) is 3.16. The molecule has 11 nitrogen and oxygen atoms in total. The fourth-order valence-corrected chi connectivity index (χ4v) is 12.5. The summed E-state index contributed by atoms with van der Waals surface area (Å²) in [5.41, 5.74) is 18.1. The van der Waals surface area contributed by atoms with Gasteiger partial charge in [0.25, 0.3) is 0 Å². The molecule has 5 heterocycles. The number of aliphatic imine (C=N–C) groups is 5. The highest BCUT2D eigenvalue weighted by molar-refractivity contribution is 6.14. The minimum absolute atomic E-state index is 0.277. The largest absolute Gasteiger partial charge is 0.629 e. The van der Waals surface area contributed by atoms with Gasteiger partial charge < -0.3 is 25.7 Å². The van der Waals surface area contributed by atoms with Crippen LogP contribution in [0, 0.1) is 0 Å². The van der Waals surface area contributed by atoms with Crippen molar-refractivity contribution in [1.82, 2.24) is 16.0 Å². The van der Waals surface area contributed by atoms with Crippen LogP contribution in [0.25, 0.3) is 60.6 Å². The molecule has 0 radical (unpaired) electrons. The Morgan fingerprint density at radius 1 is 0.374 bits per heavy atom. The molecule has 0 saturated heterocycles. The van der Waals surface area contributed by atoms with Crippen LogP contribution >= 0.6 is 0 Å². The van der Waals surface area contributed by atoms with Gasteiger partial charge in [0.2, 0.25) is 12.0 Å². The fraction of sp³-hybridized carbons (Fsp3) is 0.0625. The van der Waals surface area contributed by atoms with Crippen molar-refractivity contribution in [3.8, 4) is 33.4 Å². The maximum Gasteiger partial charge on any atom is 0.235 e. The Balaban J connectivity index is 0.685. The lowest BCUT2D eigenvalue weighted by Crippen LogP contribution is -2.95. The molecular formula is C80H60N10O. The van der Waals surface area contributed by atoms with Gasteiger partial charge in [0.05, 0.1) is 23.0 Å². The number of para-hydroxylation sites is 2. The van der Waals surface area contributed by atoms with Crippen molar-refractivity contribution >= 4 is 51.1 Å². The normalized spacial score (nSPS) is 18.9. The molecule has 0 amide bonds. The van der Waals surface area contributed by atoms with Crippen molar-refractivity contribution in [2.75, 3.05) is 0 Å². The number of rotatable bonds is 13. The molecule has 0 spiro atoms. The number of hydrogen-bond acceptors (Lipinski definition) is 9. The SMILES string of the molecule is C1=C(C2N=C(c3ccccc3)N=C(c3ccc(-c4ccc(-c5cccc(C6C=C(C7N=C(c8ccccc8)N=C(c8ccccc8)[NH2+]7)NC(c7ccc(-c8ccccc8)cc7)[N-]6)c5)cc4)cc3)N2)N=C(c2ccccc2)NC1c1cccc2c1oc1ccccc12. The number of nitrogens with two attached hydrogens (primary N) is 1. The Morgan fingerprint density at radius 3 is 1.55 bits per heavy atom. The van der Waals surface area contributed by atoms with Crippen molar-refractivity contribution in [3.63, 3.8) is 0 Å². The van der Waals surface area contributed by atoms with Crippen LogP contribution < -0.4 is 21.3 Å². The van der Waals surface area contributed by atoms with E-state index in [9.17, 15) is 0 Å². The average molecular weight is 1180 g/mol. The second kappa shape index (κ2) is 24.2. The van der Waals surface area contributed by atoms with Crippen molar-refractivity contribution in [2.45, 2.75) is 30.6 Å². The van der Waals surface area contributed by atoms with E-state index < -0.39 is 6.17 Å². The molecule has 436 valence electrons. The molecule has 4 aliphatic heterocycles. The monoisotopic (exact) mass is 1180 g/mol. The highest BCUT2D eigenvalue weighted by atomic mass is 16.3. The van der Waals surface area contributed by atoms with Crippen LogP contribution in [0.1, 0.15) is 62.8 Å². The van der Waals surface area contributed by atoms with E-state index in [0.29, 0.717) is 17.5 Å². The molecule has 0 aliphatic carbocycles. The number of nitrogens with zero attached hydrogens (tertiary/aromatic N) is 6. The molecule has 11 heteroatoms.